The second kappa shape index (κ2) is 10.0. The Morgan fingerprint density at radius 1 is 0.919 bits per heavy atom. The third kappa shape index (κ3) is 4.87. The van der Waals surface area contributed by atoms with Crippen molar-refractivity contribution in [3.05, 3.63) is 42.4 Å². The minimum Gasteiger partial charge on any atom is -0.370 e. The van der Waals surface area contributed by atoms with E-state index in [4.69, 9.17) is 15.5 Å². The SMILES string of the molecule is C[C@@H]1CN(c2ccc(C#N)c3nccnc23)C[C@H](CN2CCN(c3nccc(N4CC(N)C4)n3)CC2)O1. The van der Waals surface area contributed by atoms with Crippen molar-refractivity contribution in [1.82, 2.24) is 24.8 Å². The van der Waals surface area contributed by atoms with Crippen LogP contribution in [0.1, 0.15) is 12.5 Å². The van der Waals surface area contributed by atoms with Crippen LogP contribution in [0, 0.1) is 11.3 Å². The predicted octanol–water partition coefficient (Wildman–Crippen LogP) is 0.855. The molecule has 2 N–H and O–H groups in total. The van der Waals surface area contributed by atoms with Gasteiger partial charge in [0.1, 0.15) is 22.9 Å². The van der Waals surface area contributed by atoms with Crippen LogP contribution < -0.4 is 20.4 Å². The van der Waals surface area contributed by atoms with Gasteiger partial charge in [-0.05, 0) is 25.1 Å². The van der Waals surface area contributed by atoms with E-state index in [2.05, 4.69) is 47.5 Å². The molecule has 0 saturated carbocycles. The Kier molecular flexibility index (Phi) is 6.46. The number of morpholine rings is 1. The van der Waals surface area contributed by atoms with Gasteiger partial charge in [-0.2, -0.15) is 10.2 Å². The van der Waals surface area contributed by atoms with Crippen LogP contribution in [0.5, 0.6) is 0 Å². The van der Waals surface area contributed by atoms with Gasteiger partial charge in [-0.15, -0.1) is 0 Å². The summed E-state index contributed by atoms with van der Waals surface area (Å²) in [4.78, 5) is 27.6. The highest BCUT2D eigenvalue weighted by atomic mass is 16.5. The van der Waals surface area contributed by atoms with Gasteiger partial charge in [0.05, 0.1) is 23.5 Å². The van der Waals surface area contributed by atoms with Crippen molar-refractivity contribution in [3.8, 4) is 6.07 Å². The molecule has 3 aliphatic heterocycles. The highest BCUT2D eigenvalue weighted by Gasteiger charge is 2.30. The smallest absolute Gasteiger partial charge is 0.227 e. The molecule has 37 heavy (non-hydrogen) atoms. The lowest BCUT2D eigenvalue weighted by Gasteiger charge is -2.42. The van der Waals surface area contributed by atoms with Gasteiger partial charge in [-0.3, -0.25) is 14.9 Å². The Labute approximate surface area is 216 Å². The third-order valence-corrected chi connectivity index (χ3v) is 7.37. The molecule has 0 aliphatic carbocycles. The van der Waals surface area contributed by atoms with Crippen molar-refractivity contribution in [2.45, 2.75) is 25.2 Å². The molecule has 5 heterocycles. The van der Waals surface area contributed by atoms with Crippen LogP contribution in [0.15, 0.2) is 36.8 Å². The lowest BCUT2D eigenvalue weighted by Crippen LogP contribution is -2.56. The predicted molar refractivity (Wildman–Crippen MR) is 142 cm³/mol. The number of nitriles is 1. The maximum absolute atomic E-state index is 9.48. The largest absolute Gasteiger partial charge is 0.370 e. The molecule has 0 bridgehead atoms. The summed E-state index contributed by atoms with van der Waals surface area (Å²) in [5.74, 6) is 1.75. The minimum absolute atomic E-state index is 0.0767. The van der Waals surface area contributed by atoms with E-state index in [1.54, 1.807) is 12.4 Å². The minimum atomic E-state index is 0.0767. The highest BCUT2D eigenvalue weighted by molar-refractivity contribution is 5.92. The van der Waals surface area contributed by atoms with Crippen molar-refractivity contribution in [2.24, 2.45) is 5.73 Å². The van der Waals surface area contributed by atoms with Gasteiger partial charge >= 0.3 is 0 Å². The molecule has 3 fully saturated rings. The zero-order chi connectivity index (χ0) is 25.4. The Balaban J connectivity index is 1.09. The summed E-state index contributed by atoms with van der Waals surface area (Å²) < 4.78 is 6.35. The number of benzene rings is 1. The van der Waals surface area contributed by atoms with Crippen molar-refractivity contribution < 1.29 is 4.74 Å². The first-order valence-corrected chi connectivity index (χ1v) is 12.9. The number of fused-ring (bicyclic) bond motifs is 1. The molecule has 0 radical (unpaired) electrons. The zero-order valence-corrected chi connectivity index (χ0v) is 21.1. The Bertz CT molecular complexity index is 1300. The van der Waals surface area contributed by atoms with E-state index in [0.29, 0.717) is 11.1 Å². The molecule has 11 nitrogen and oxygen atoms in total. The summed E-state index contributed by atoms with van der Waals surface area (Å²) in [6.45, 7) is 9.85. The van der Waals surface area contributed by atoms with Crippen LogP contribution >= 0.6 is 0 Å². The fourth-order valence-corrected chi connectivity index (χ4v) is 5.52. The van der Waals surface area contributed by atoms with Crippen molar-refractivity contribution in [3.63, 3.8) is 0 Å². The van der Waals surface area contributed by atoms with Gasteiger partial charge in [-0.25, -0.2) is 4.98 Å². The van der Waals surface area contributed by atoms with Gasteiger partial charge < -0.3 is 25.2 Å². The number of hydrogen-bond donors (Lipinski definition) is 1. The molecule has 11 heteroatoms. The monoisotopic (exact) mass is 500 g/mol. The number of rotatable bonds is 5. The first kappa shape index (κ1) is 23.8. The molecule has 3 aromatic rings. The number of nitrogens with two attached hydrogens (primary N) is 1. The summed E-state index contributed by atoms with van der Waals surface area (Å²) in [5, 5.41) is 9.48. The third-order valence-electron chi connectivity index (χ3n) is 7.37. The first-order valence-electron chi connectivity index (χ1n) is 12.9. The summed E-state index contributed by atoms with van der Waals surface area (Å²) in [5.41, 5.74) is 8.91. The summed E-state index contributed by atoms with van der Waals surface area (Å²) >= 11 is 0. The van der Waals surface area contributed by atoms with Gasteiger partial charge in [-0.1, -0.05) is 0 Å². The fraction of sp³-hybridized carbons (Fsp3) is 0.500. The molecule has 2 atom stereocenters. The van der Waals surface area contributed by atoms with Gasteiger partial charge in [0.25, 0.3) is 0 Å². The van der Waals surface area contributed by atoms with Crippen LogP contribution in [-0.2, 0) is 4.74 Å². The molecule has 192 valence electrons. The second-order valence-corrected chi connectivity index (χ2v) is 10.1. The van der Waals surface area contributed by atoms with Crippen LogP contribution in [-0.4, -0.2) is 102 Å². The molecule has 3 aliphatic rings. The molecule has 2 aromatic heterocycles. The van der Waals surface area contributed by atoms with E-state index in [0.717, 1.165) is 81.9 Å². The molecule has 3 saturated heterocycles. The van der Waals surface area contributed by atoms with E-state index in [1.807, 2.05) is 24.4 Å². The Morgan fingerprint density at radius 3 is 2.46 bits per heavy atom. The average molecular weight is 501 g/mol. The second-order valence-electron chi connectivity index (χ2n) is 10.1. The van der Waals surface area contributed by atoms with Crippen LogP contribution in [0.3, 0.4) is 0 Å². The molecule has 1 aromatic carbocycles. The van der Waals surface area contributed by atoms with Crippen molar-refractivity contribution in [1.29, 1.82) is 5.26 Å². The fourth-order valence-electron chi connectivity index (χ4n) is 5.52. The molecule has 0 spiro atoms. The standard InChI is InChI=1S/C26H32N10O/c1-18-13-35(22-3-2-19(12-27)24-25(22)30-7-6-29-24)17-21(37-18)16-33-8-10-34(11-9-33)26-31-5-4-23(32-26)36-14-20(28)15-36/h2-7,18,20-21H,8-11,13-17,28H2,1H3/t18-,21+/m1/s1. The molecule has 6 rings (SSSR count). The number of anilines is 3. The summed E-state index contributed by atoms with van der Waals surface area (Å²) in [6.07, 6.45) is 5.34. The Hall–Kier alpha value is -3.59. The van der Waals surface area contributed by atoms with Crippen molar-refractivity contribution >= 4 is 28.5 Å². The lowest BCUT2D eigenvalue weighted by molar-refractivity contribution is -0.0327. The number of aromatic nitrogens is 4. The normalized spacial score (nSPS) is 23.2. The average Bonchev–Trinajstić information content (AvgIpc) is 2.91. The first-order chi connectivity index (χ1) is 18.1. The number of piperazine rings is 1. The highest BCUT2D eigenvalue weighted by Crippen LogP contribution is 2.29. The summed E-state index contributed by atoms with van der Waals surface area (Å²) in [6, 6.07) is 8.27. The molecular formula is C26H32N10O. The van der Waals surface area contributed by atoms with Gasteiger partial charge in [0.2, 0.25) is 5.95 Å². The van der Waals surface area contributed by atoms with E-state index in [9.17, 15) is 5.26 Å². The molecular weight excluding hydrogens is 468 g/mol. The van der Waals surface area contributed by atoms with Gasteiger partial charge in [0.15, 0.2) is 0 Å². The Morgan fingerprint density at radius 2 is 1.70 bits per heavy atom. The van der Waals surface area contributed by atoms with Crippen molar-refractivity contribution in [2.75, 3.05) is 73.6 Å². The molecule has 0 amide bonds. The summed E-state index contributed by atoms with van der Waals surface area (Å²) in [7, 11) is 0. The quantitative estimate of drug-likeness (QED) is 0.536. The molecule has 0 unspecified atom stereocenters. The van der Waals surface area contributed by atoms with E-state index in [1.165, 1.54) is 0 Å². The zero-order valence-electron chi connectivity index (χ0n) is 21.1. The number of hydrogen-bond acceptors (Lipinski definition) is 11. The van der Waals surface area contributed by atoms with E-state index in [-0.39, 0.29) is 18.2 Å². The van der Waals surface area contributed by atoms with Gasteiger partial charge in [0, 0.05) is 83.5 Å². The topological polar surface area (TPSA) is 124 Å². The van der Waals surface area contributed by atoms with E-state index >= 15 is 0 Å². The number of ether oxygens (including phenoxy) is 1. The van der Waals surface area contributed by atoms with Crippen LogP contribution in [0.25, 0.3) is 11.0 Å². The number of nitrogens with zero attached hydrogens (tertiary/aromatic N) is 9. The maximum atomic E-state index is 9.48. The maximum Gasteiger partial charge on any atom is 0.227 e. The van der Waals surface area contributed by atoms with E-state index < -0.39 is 0 Å². The van der Waals surface area contributed by atoms with Crippen LogP contribution in [0.4, 0.5) is 17.5 Å². The van der Waals surface area contributed by atoms with Crippen LogP contribution in [0.2, 0.25) is 0 Å². The lowest BCUT2D eigenvalue weighted by atomic mass is 10.1.